The number of imidazole rings is 1. The zero-order chi connectivity index (χ0) is 17.7. The maximum atomic E-state index is 14.5. The molecule has 0 amide bonds. The summed E-state index contributed by atoms with van der Waals surface area (Å²) >= 11 is 5.48. The van der Waals surface area contributed by atoms with Gasteiger partial charge in [0.25, 0.3) is 0 Å². The van der Waals surface area contributed by atoms with E-state index in [4.69, 9.17) is 0 Å². The van der Waals surface area contributed by atoms with Crippen molar-refractivity contribution in [3.63, 3.8) is 0 Å². The highest BCUT2D eigenvalue weighted by atomic mass is 127. The fraction of sp³-hybridized carbons (Fsp3) is 0.0667. The van der Waals surface area contributed by atoms with Crippen LogP contribution in [-0.4, -0.2) is 18.9 Å². The van der Waals surface area contributed by atoms with Gasteiger partial charge in [0.2, 0.25) is 0 Å². The molecule has 0 saturated heterocycles. The van der Waals surface area contributed by atoms with E-state index in [9.17, 15) is 8.78 Å². The van der Waals surface area contributed by atoms with Crippen molar-refractivity contribution in [1.29, 1.82) is 0 Å². The Morgan fingerprint density at radius 1 is 1.20 bits per heavy atom. The third-order valence-corrected chi connectivity index (χ3v) is 6.00. The van der Waals surface area contributed by atoms with Crippen LogP contribution in [-0.2, 0) is 0 Å². The minimum absolute atomic E-state index is 0.252. The molecule has 0 bridgehead atoms. The van der Waals surface area contributed by atoms with Crippen LogP contribution in [0, 0.1) is 18.6 Å². The first-order valence-electron chi connectivity index (χ1n) is 7.12. The molecule has 25 heavy (non-hydrogen) atoms. The second kappa shape index (κ2) is 6.44. The fourth-order valence-corrected chi connectivity index (χ4v) is 4.63. The standard InChI is InChI=1S/C15H10BrF2IN5P/c1-7-5-23-6-9(4-11(18)15(23)20-7)21-14-13-10(17)2-8(16)3-12(13)24(22-14)25-19/h2-6,25H,1H3,(H,21,22). The summed E-state index contributed by atoms with van der Waals surface area (Å²) in [6.07, 6.45) is 3.73. The van der Waals surface area contributed by atoms with Crippen LogP contribution in [0.3, 0.4) is 0 Å². The van der Waals surface area contributed by atoms with E-state index in [1.807, 2.05) is 6.07 Å². The highest BCUT2D eigenvalue weighted by Gasteiger charge is 2.17. The first-order valence-corrected chi connectivity index (χ1v) is 12.0. The molecular weight excluding hydrogens is 526 g/mol. The molecule has 0 saturated carbocycles. The number of fused-ring (bicyclic) bond motifs is 2. The summed E-state index contributed by atoms with van der Waals surface area (Å²) in [5.74, 6) is -0.506. The van der Waals surface area contributed by atoms with Gasteiger partial charge in [0.1, 0.15) is 5.82 Å². The van der Waals surface area contributed by atoms with Crippen molar-refractivity contribution in [3.8, 4) is 0 Å². The molecule has 10 heteroatoms. The first kappa shape index (κ1) is 17.1. The van der Waals surface area contributed by atoms with Crippen molar-refractivity contribution in [2.75, 3.05) is 5.32 Å². The number of halogens is 4. The molecule has 3 heterocycles. The quantitative estimate of drug-likeness (QED) is 0.276. The van der Waals surface area contributed by atoms with Gasteiger partial charge in [-0.2, -0.15) is 0 Å². The molecule has 4 rings (SSSR count). The zero-order valence-electron chi connectivity index (χ0n) is 12.7. The Hall–Kier alpha value is -1.32. The monoisotopic (exact) mass is 535 g/mol. The second-order valence-corrected chi connectivity index (χ2v) is 8.40. The average molecular weight is 536 g/mol. The first-order chi connectivity index (χ1) is 12.0. The molecule has 0 fully saturated rings. The molecular formula is C15H10BrF2IN5P. The Kier molecular flexibility index (Phi) is 4.41. The maximum Gasteiger partial charge on any atom is 0.173 e. The summed E-state index contributed by atoms with van der Waals surface area (Å²) in [6, 6.07) is 4.53. The van der Waals surface area contributed by atoms with Crippen LogP contribution in [0.2, 0.25) is 0 Å². The molecule has 0 radical (unpaired) electrons. The average Bonchev–Trinajstić information content (AvgIpc) is 3.07. The highest BCUT2D eigenvalue weighted by Crippen LogP contribution is 2.36. The number of nitrogens with one attached hydrogen (secondary N) is 1. The number of aryl methyl sites for hydroxylation is 1. The number of anilines is 2. The third-order valence-electron chi connectivity index (χ3n) is 3.67. The van der Waals surface area contributed by atoms with Gasteiger partial charge in [-0.25, -0.2) is 18.2 Å². The van der Waals surface area contributed by atoms with E-state index in [1.165, 1.54) is 12.1 Å². The molecule has 5 nitrogen and oxygen atoms in total. The molecule has 1 atom stereocenters. The summed E-state index contributed by atoms with van der Waals surface area (Å²) in [4.78, 5) is 4.13. The Morgan fingerprint density at radius 2 is 2.00 bits per heavy atom. The Bertz CT molecular complexity index is 1130. The largest absolute Gasteiger partial charge is 0.337 e. The number of hydrogen-bond donors (Lipinski definition) is 1. The summed E-state index contributed by atoms with van der Waals surface area (Å²) < 4.78 is 32.7. The molecule has 1 N–H and O–H groups in total. The van der Waals surface area contributed by atoms with Gasteiger partial charge < -0.3 is 9.72 Å². The van der Waals surface area contributed by atoms with Crippen LogP contribution in [0.15, 0.2) is 35.1 Å². The minimum Gasteiger partial charge on any atom is -0.337 e. The lowest BCUT2D eigenvalue weighted by Gasteiger charge is -2.06. The van der Waals surface area contributed by atoms with Gasteiger partial charge in [-0.15, -0.1) is 5.10 Å². The molecule has 0 aliphatic heterocycles. The van der Waals surface area contributed by atoms with Crippen LogP contribution in [0.1, 0.15) is 5.69 Å². The number of nitrogens with zero attached hydrogens (tertiary/aromatic N) is 4. The van der Waals surface area contributed by atoms with Gasteiger partial charge in [-0.1, -0.05) is 15.9 Å². The van der Waals surface area contributed by atoms with Crippen molar-refractivity contribution < 1.29 is 8.78 Å². The Morgan fingerprint density at radius 3 is 2.76 bits per heavy atom. The van der Waals surface area contributed by atoms with Crippen molar-refractivity contribution in [2.45, 2.75) is 6.92 Å². The number of benzene rings is 1. The normalized spacial score (nSPS) is 12.0. The van der Waals surface area contributed by atoms with Crippen molar-refractivity contribution in [3.05, 3.63) is 52.4 Å². The highest BCUT2D eigenvalue weighted by molar-refractivity contribution is 14.2. The Labute approximate surface area is 164 Å². The topological polar surface area (TPSA) is 47.1 Å². The van der Waals surface area contributed by atoms with Gasteiger partial charge in [-0.3, -0.25) is 0 Å². The van der Waals surface area contributed by atoms with Crippen LogP contribution < -0.4 is 5.32 Å². The molecule has 3 aromatic heterocycles. The van der Waals surface area contributed by atoms with Crippen LogP contribution in [0.4, 0.5) is 20.3 Å². The smallest absolute Gasteiger partial charge is 0.173 e. The SMILES string of the molecule is Cc1cn2cc(Nc3nn(PI)c4cc(Br)cc(F)c34)cc(F)c2n1. The number of pyridine rings is 1. The fourth-order valence-electron chi connectivity index (χ4n) is 2.70. The van der Waals surface area contributed by atoms with E-state index in [-0.39, 0.29) is 5.65 Å². The van der Waals surface area contributed by atoms with Gasteiger partial charge >= 0.3 is 0 Å². The summed E-state index contributed by atoms with van der Waals surface area (Å²) in [5, 5.41) is 7.82. The van der Waals surface area contributed by atoms with E-state index in [0.29, 0.717) is 38.9 Å². The molecule has 0 aliphatic rings. The molecule has 0 aliphatic carbocycles. The Balaban J connectivity index is 1.86. The summed E-state index contributed by atoms with van der Waals surface area (Å²) in [7, 11) is 0. The van der Waals surface area contributed by atoms with Gasteiger partial charge in [0.05, 0.1) is 28.7 Å². The third kappa shape index (κ3) is 3.02. The predicted octanol–water partition coefficient (Wildman–Crippen LogP) is 5.57. The van der Waals surface area contributed by atoms with Crippen LogP contribution in [0.25, 0.3) is 16.6 Å². The van der Waals surface area contributed by atoms with E-state index in [1.54, 1.807) is 28.2 Å². The van der Waals surface area contributed by atoms with Gasteiger partial charge in [-0.05, 0) is 41.1 Å². The van der Waals surface area contributed by atoms with Gasteiger partial charge in [0.15, 0.2) is 17.3 Å². The molecule has 1 aromatic carbocycles. The van der Waals surface area contributed by atoms with Crippen molar-refractivity contribution in [1.82, 2.24) is 18.9 Å². The summed E-state index contributed by atoms with van der Waals surface area (Å²) in [6.45, 7) is 1.79. The lowest BCUT2D eigenvalue weighted by atomic mass is 10.2. The van der Waals surface area contributed by atoms with Crippen molar-refractivity contribution in [2.24, 2.45) is 0 Å². The van der Waals surface area contributed by atoms with Crippen molar-refractivity contribution >= 4 is 72.4 Å². The zero-order valence-corrected chi connectivity index (χ0v) is 17.4. The van der Waals surface area contributed by atoms with Crippen LogP contribution in [0.5, 0.6) is 0 Å². The number of aromatic nitrogens is 4. The molecule has 1 unspecified atom stereocenters. The predicted molar refractivity (Wildman–Crippen MR) is 108 cm³/mol. The maximum absolute atomic E-state index is 14.5. The van der Waals surface area contributed by atoms with E-state index >= 15 is 0 Å². The van der Waals surface area contributed by atoms with E-state index in [0.717, 1.165) is 0 Å². The van der Waals surface area contributed by atoms with Crippen LogP contribution >= 0.6 is 44.3 Å². The lowest BCUT2D eigenvalue weighted by Crippen LogP contribution is -1.97. The molecule has 128 valence electrons. The second-order valence-electron chi connectivity index (χ2n) is 5.44. The number of hydrogen-bond acceptors (Lipinski definition) is 3. The van der Waals surface area contributed by atoms with E-state index in [2.05, 4.69) is 53.4 Å². The molecule has 0 spiro atoms. The van der Waals surface area contributed by atoms with E-state index < -0.39 is 11.6 Å². The lowest BCUT2D eigenvalue weighted by molar-refractivity contribution is 0.630. The minimum atomic E-state index is -0.458. The van der Waals surface area contributed by atoms with Gasteiger partial charge in [0, 0.05) is 22.9 Å². The number of rotatable bonds is 3. The summed E-state index contributed by atoms with van der Waals surface area (Å²) in [5.41, 5.74) is 2.10. The molecule has 4 aromatic rings.